The molecule has 9 heteroatoms. The fourth-order valence-corrected chi connectivity index (χ4v) is 1.44. The van der Waals surface area contributed by atoms with Crippen molar-refractivity contribution in [2.24, 2.45) is 0 Å². The van der Waals surface area contributed by atoms with Gasteiger partial charge in [-0.3, -0.25) is 0 Å². The van der Waals surface area contributed by atoms with E-state index in [1.165, 1.54) is 6.92 Å². The number of pyridine rings is 1. The van der Waals surface area contributed by atoms with Crippen LogP contribution in [0.25, 0.3) is 0 Å². The average Bonchev–Trinajstić information content (AvgIpc) is 2.36. The molecule has 0 N–H and O–H groups in total. The molecule has 0 aromatic carbocycles. The van der Waals surface area contributed by atoms with Crippen LogP contribution in [0.2, 0.25) is 0 Å². The molecule has 0 spiro atoms. The number of carbonyl (C=O) groups excluding carboxylic acids is 1. The highest BCUT2D eigenvalue weighted by molar-refractivity contribution is 5.92. The predicted molar refractivity (Wildman–Crippen MR) is 56.7 cm³/mol. The fraction of sp³-hybridized carbons (Fsp3) is 0.455. The monoisotopic (exact) mass is 299 g/mol. The lowest BCUT2D eigenvalue weighted by Crippen LogP contribution is -2.19. The largest absolute Gasteiger partial charge is 0.481 e. The second kappa shape index (κ2) is 6.02. The van der Waals surface area contributed by atoms with Gasteiger partial charge in [0.15, 0.2) is 0 Å². The number of methoxy groups -OCH3 is 1. The lowest BCUT2D eigenvalue weighted by atomic mass is 10.1. The Morgan fingerprint density at radius 2 is 2.00 bits per heavy atom. The molecule has 0 radical (unpaired) electrons. The molecule has 0 aliphatic heterocycles. The molecule has 1 aromatic heterocycles. The summed E-state index contributed by atoms with van der Waals surface area (Å²) < 4.78 is 73.1. The first kappa shape index (κ1) is 16.1. The van der Waals surface area contributed by atoms with Crippen LogP contribution < -0.4 is 4.74 Å². The standard InChI is InChI=1S/C11H10F5NO3/c1-3-20-10(18)7-5(11(14,15)16)4-6(19-2)17-8(7)9(12)13/h4,9H,3H2,1-2H3. The Bertz CT molecular complexity index is 502. The van der Waals surface area contributed by atoms with Crippen LogP contribution in [0, 0.1) is 0 Å². The van der Waals surface area contributed by atoms with Crippen LogP contribution >= 0.6 is 0 Å². The number of rotatable bonds is 4. The number of hydrogen-bond acceptors (Lipinski definition) is 4. The molecule has 112 valence electrons. The summed E-state index contributed by atoms with van der Waals surface area (Å²) in [5.41, 5.74) is -4.19. The smallest absolute Gasteiger partial charge is 0.417 e. The van der Waals surface area contributed by atoms with Gasteiger partial charge in [-0.15, -0.1) is 0 Å². The maximum atomic E-state index is 12.9. The van der Waals surface area contributed by atoms with Crippen molar-refractivity contribution in [2.45, 2.75) is 19.5 Å². The van der Waals surface area contributed by atoms with Crippen LogP contribution in [0.3, 0.4) is 0 Å². The molecule has 4 nitrogen and oxygen atoms in total. The molecular formula is C11H10F5NO3. The van der Waals surface area contributed by atoms with Gasteiger partial charge >= 0.3 is 12.1 Å². The number of halogens is 5. The van der Waals surface area contributed by atoms with Gasteiger partial charge in [0.05, 0.1) is 24.8 Å². The Kier molecular flexibility index (Phi) is 4.85. The first-order valence-corrected chi connectivity index (χ1v) is 5.33. The predicted octanol–water partition coefficient (Wildman–Crippen LogP) is 3.22. The van der Waals surface area contributed by atoms with Crippen molar-refractivity contribution in [3.05, 3.63) is 22.9 Å². The minimum atomic E-state index is -5.03. The van der Waals surface area contributed by atoms with E-state index in [-0.39, 0.29) is 6.61 Å². The molecule has 0 fully saturated rings. The zero-order valence-electron chi connectivity index (χ0n) is 10.4. The van der Waals surface area contributed by atoms with Gasteiger partial charge in [0.2, 0.25) is 5.88 Å². The Morgan fingerprint density at radius 1 is 1.40 bits per heavy atom. The molecule has 0 amide bonds. The van der Waals surface area contributed by atoms with E-state index in [0.29, 0.717) is 6.07 Å². The van der Waals surface area contributed by atoms with Crippen molar-refractivity contribution in [2.75, 3.05) is 13.7 Å². The molecule has 1 aromatic rings. The minimum absolute atomic E-state index is 0.259. The molecule has 1 rings (SSSR count). The maximum absolute atomic E-state index is 12.9. The van der Waals surface area contributed by atoms with Crippen molar-refractivity contribution in [1.82, 2.24) is 4.98 Å². The van der Waals surface area contributed by atoms with Crippen LogP contribution in [0.4, 0.5) is 22.0 Å². The number of nitrogens with zero attached hydrogens (tertiary/aromatic N) is 1. The fourth-order valence-electron chi connectivity index (χ4n) is 1.44. The SMILES string of the molecule is CCOC(=O)c1c(C(F)(F)F)cc(OC)nc1C(F)F. The van der Waals surface area contributed by atoms with E-state index in [9.17, 15) is 26.7 Å². The lowest BCUT2D eigenvalue weighted by molar-refractivity contribution is -0.138. The molecule has 0 saturated carbocycles. The summed E-state index contributed by atoms with van der Waals surface area (Å²) in [7, 11) is 0.974. The van der Waals surface area contributed by atoms with Crippen LogP contribution in [-0.2, 0) is 10.9 Å². The molecule has 0 bridgehead atoms. The Balaban J connectivity index is 3.60. The van der Waals surface area contributed by atoms with Crippen molar-refractivity contribution >= 4 is 5.97 Å². The third-order valence-corrected chi connectivity index (χ3v) is 2.22. The number of hydrogen-bond donors (Lipinski definition) is 0. The normalized spacial score (nSPS) is 11.6. The highest BCUT2D eigenvalue weighted by atomic mass is 19.4. The molecule has 0 aliphatic carbocycles. The zero-order chi connectivity index (χ0) is 15.5. The van der Waals surface area contributed by atoms with E-state index in [1.807, 2.05) is 0 Å². The molecule has 20 heavy (non-hydrogen) atoms. The minimum Gasteiger partial charge on any atom is -0.481 e. The average molecular weight is 299 g/mol. The summed E-state index contributed by atoms with van der Waals surface area (Å²) in [6.45, 7) is 1.08. The first-order chi connectivity index (χ1) is 9.22. The van der Waals surface area contributed by atoms with Gasteiger partial charge < -0.3 is 9.47 Å². The first-order valence-electron chi connectivity index (χ1n) is 5.33. The Labute approximate surface area is 110 Å². The third-order valence-electron chi connectivity index (χ3n) is 2.22. The molecule has 1 heterocycles. The van der Waals surface area contributed by atoms with Crippen molar-refractivity contribution in [1.29, 1.82) is 0 Å². The maximum Gasteiger partial charge on any atom is 0.417 e. The van der Waals surface area contributed by atoms with Gasteiger partial charge in [0.1, 0.15) is 5.69 Å². The van der Waals surface area contributed by atoms with Gasteiger partial charge in [-0.25, -0.2) is 18.6 Å². The molecule has 0 aliphatic rings. The van der Waals surface area contributed by atoms with Crippen molar-refractivity contribution in [3.63, 3.8) is 0 Å². The highest BCUT2D eigenvalue weighted by Gasteiger charge is 2.40. The zero-order valence-corrected chi connectivity index (χ0v) is 10.4. The molecule has 0 atom stereocenters. The van der Waals surface area contributed by atoms with Crippen molar-refractivity contribution in [3.8, 4) is 5.88 Å². The summed E-state index contributed by atoms with van der Waals surface area (Å²) in [6.07, 6.45) is -8.41. The van der Waals surface area contributed by atoms with Gasteiger partial charge in [-0.1, -0.05) is 0 Å². The number of esters is 1. The quantitative estimate of drug-likeness (QED) is 0.632. The van der Waals surface area contributed by atoms with Crippen LogP contribution in [0.5, 0.6) is 5.88 Å². The second-order valence-corrected chi connectivity index (χ2v) is 3.49. The topological polar surface area (TPSA) is 48.4 Å². The molecule has 0 saturated heterocycles. The summed E-state index contributed by atoms with van der Waals surface area (Å²) in [5.74, 6) is -2.18. The van der Waals surface area contributed by atoms with Crippen LogP contribution in [0.15, 0.2) is 6.07 Å². The van der Waals surface area contributed by atoms with Gasteiger partial charge in [-0.05, 0) is 6.92 Å². The summed E-state index contributed by atoms with van der Waals surface area (Å²) in [6, 6.07) is 0.373. The van der Waals surface area contributed by atoms with E-state index >= 15 is 0 Å². The van der Waals surface area contributed by atoms with E-state index in [4.69, 9.17) is 0 Å². The van der Waals surface area contributed by atoms with Gasteiger partial charge in [0.25, 0.3) is 6.43 Å². The van der Waals surface area contributed by atoms with Crippen LogP contribution in [-0.4, -0.2) is 24.7 Å². The Hall–Kier alpha value is -1.93. The number of carbonyl (C=O) groups is 1. The third kappa shape index (κ3) is 3.34. The van der Waals surface area contributed by atoms with E-state index in [2.05, 4.69) is 14.5 Å². The molecular weight excluding hydrogens is 289 g/mol. The van der Waals surface area contributed by atoms with Crippen molar-refractivity contribution < 1.29 is 36.2 Å². The summed E-state index contributed by atoms with van der Waals surface area (Å²) in [4.78, 5) is 14.7. The number of aromatic nitrogens is 1. The van der Waals surface area contributed by atoms with Gasteiger partial charge in [0, 0.05) is 6.07 Å². The number of alkyl halides is 5. The highest BCUT2D eigenvalue weighted by Crippen LogP contribution is 2.37. The second-order valence-electron chi connectivity index (χ2n) is 3.49. The molecule has 0 unspecified atom stereocenters. The lowest BCUT2D eigenvalue weighted by Gasteiger charge is -2.16. The van der Waals surface area contributed by atoms with E-state index in [0.717, 1.165) is 7.11 Å². The van der Waals surface area contributed by atoms with E-state index < -0.39 is 41.3 Å². The summed E-state index contributed by atoms with van der Waals surface area (Å²) in [5, 5.41) is 0. The van der Waals surface area contributed by atoms with E-state index in [1.54, 1.807) is 0 Å². The van der Waals surface area contributed by atoms with Crippen LogP contribution in [0.1, 0.15) is 35.0 Å². The summed E-state index contributed by atoms with van der Waals surface area (Å²) >= 11 is 0. The Morgan fingerprint density at radius 3 is 2.40 bits per heavy atom. The van der Waals surface area contributed by atoms with Gasteiger partial charge in [-0.2, -0.15) is 13.2 Å². The number of ether oxygens (including phenoxy) is 2.